The molecule has 1 aromatic carbocycles. The summed E-state index contributed by atoms with van der Waals surface area (Å²) in [5.74, 6) is 1.20. The van der Waals surface area contributed by atoms with E-state index in [4.69, 9.17) is 9.47 Å². The molecule has 0 spiro atoms. The Bertz CT molecular complexity index is 570. The van der Waals surface area contributed by atoms with Gasteiger partial charge in [0.2, 0.25) is 0 Å². The molecule has 1 N–H and O–H groups in total. The summed E-state index contributed by atoms with van der Waals surface area (Å²) in [4.78, 5) is 14.9. The van der Waals surface area contributed by atoms with Gasteiger partial charge in [-0.25, -0.2) is 0 Å². The molecule has 1 aliphatic heterocycles. The fourth-order valence-electron chi connectivity index (χ4n) is 4.23. The van der Waals surface area contributed by atoms with E-state index in [2.05, 4.69) is 10.2 Å². The van der Waals surface area contributed by atoms with E-state index in [0.717, 1.165) is 19.4 Å². The standard InChI is InChI=1S/C21H32N2O3/c1-25-19-12-6-7-13-20(19)26-16-21(24)22-17-9-8-14-23(15-17)18-10-4-2-3-5-11-18/h6-7,12-13,17-18H,2-5,8-11,14-16H2,1H3,(H,22,24)/t17-/m1/s1. The van der Waals surface area contributed by atoms with Crippen molar-refractivity contribution in [2.24, 2.45) is 0 Å². The number of carbonyl (C=O) groups excluding carboxylic acids is 1. The fraction of sp³-hybridized carbons (Fsp3) is 0.667. The highest BCUT2D eigenvalue weighted by Crippen LogP contribution is 2.26. The molecule has 5 nitrogen and oxygen atoms in total. The molecule has 26 heavy (non-hydrogen) atoms. The fourth-order valence-corrected chi connectivity index (χ4v) is 4.23. The summed E-state index contributed by atoms with van der Waals surface area (Å²) < 4.78 is 10.9. The molecular weight excluding hydrogens is 328 g/mol. The number of amides is 1. The van der Waals surface area contributed by atoms with Crippen molar-refractivity contribution in [2.45, 2.75) is 63.5 Å². The average molecular weight is 360 g/mol. The van der Waals surface area contributed by atoms with Gasteiger partial charge in [0, 0.05) is 18.6 Å². The highest BCUT2D eigenvalue weighted by Gasteiger charge is 2.27. The lowest BCUT2D eigenvalue weighted by molar-refractivity contribution is -0.124. The van der Waals surface area contributed by atoms with E-state index in [0.29, 0.717) is 17.5 Å². The van der Waals surface area contributed by atoms with Crippen LogP contribution < -0.4 is 14.8 Å². The minimum atomic E-state index is -0.0522. The number of carbonyl (C=O) groups is 1. The maximum absolute atomic E-state index is 12.3. The zero-order valence-electron chi connectivity index (χ0n) is 15.9. The number of nitrogens with zero attached hydrogens (tertiary/aromatic N) is 1. The summed E-state index contributed by atoms with van der Waals surface area (Å²) in [6, 6.07) is 8.36. The summed E-state index contributed by atoms with van der Waals surface area (Å²) in [5, 5.41) is 3.16. The van der Waals surface area contributed by atoms with Gasteiger partial charge in [-0.2, -0.15) is 0 Å². The van der Waals surface area contributed by atoms with Crippen LogP contribution >= 0.6 is 0 Å². The largest absolute Gasteiger partial charge is 0.493 e. The molecule has 0 radical (unpaired) electrons. The number of likely N-dealkylation sites (tertiary alicyclic amines) is 1. The Morgan fingerprint density at radius 1 is 1.08 bits per heavy atom. The van der Waals surface area contributed by atoms with Gasteiger partial charge in [0.25, 0.3) is 5.91 Å². The highest BCUT2D eigenvalue weighted by atomic mass is 16.5. The van der Waals surface area contributed by atoms with E-state index in [1.165, 1.54) is 45.1 Å². The Morgan fingerprint density at radius 3 is 2.54 bits per heavy atom. The van der Waals surface area contributed by atoms with Gasteiger partial charge in [0.1, 0.15) is 0 Å². The third-order valence-corrected chi connectivity index (χ3v) is 5.59. The normalized spacial score (nSPS) is 22.4. The quantitative estimate of drug-likeness (QED) is 0.790. The molecule has 2 fully saturated rings. The lowest BCUT2D eigenvalue weighted by atomic mass is 10.00. The number of para-hydroxylation sites is 2. The van der Waals surface area contributed by atoms with Crippen molar-refractivity contribution in [3.05, 3.63) is 24.3 Å². The maximum Gasteiger partial charge on any atom is 0.258 e. The summed E-state index contributed by atoms with van der Waals surface area (Å²) in [5.41, 5.74) is 0. The minimum absolute atomic E-state index is 0.0281. The van der Waals surface area contributed by atoms with E-state index >= 15 is 0 Å². The van der Waals surface area contributed by atoms with Crippen LogP contribution in [0.25, 0.3) is 0 Å². The molecule has 3 rings (SSSR count). The third kappa shape index (κ3) is 5.37. The zero-order valence-corrected chi connectivity index (χ0v) is 15.9. The van der Waals surface area contributed by atoms with E-state index in [1.807, 2.05) is 24.3 Å². The summed E-state index contributed by atoms with van der Waals surface area (Å²) in [7, 11) is 1.60. The Labute approximate surface area is 157 Å². The summed E-state index contributed by atoms with van der Waals surface area (Å²) in [6.07, 6.45) is 10.3. The van der Waals surface area contributed by atoms with Crippen molar-refractivity contribution in [3.63, 3.8) is 0 Å². The first-order valence-corrected chi connectivity index (χ1v) is 10.1. The van der Waals surface area contributed by atoms with Crippen molar-refractivity contribution in [3.8, 4) is 11.5 Å². The Morgan fingerprint density at radius 2 is 1.81 bits per heavy atom. The number of ether oxygens (including phenoxy) is 2. The van der Waals surface area contributed by atoms with Crippen LogP contribution in [0.15, 0.2) is 24.3 Å². The van der Waals surface area contributed by atoms with Gasteiger partial charge in [-0.3, -0.25) is 9.69 Å². The van der Waals surface area contributed by atoms with Crippen LogP contribution in [-0.4, -0.2) is 49.7 Å². The van der Waals surface area contributed by atoms with E-state index in [-0.39, 0.29) is 18.6 Å². The van der Waals surface area contributed by atoms with Crippen LogP contribution in [0.3, 0.4) is 0 Å². The van der Waals surface area contributed by atoms with Gasteiger partial charge >= 0.3 is 0 Å². The number of hydrogen-bond acceptors (Lipinski definition) is 4. The van der Waals surface area contributed by atoms with Crippen molar-refractivity contribution >= 4 is 5.91 Å². The lowest BCUT2D eigenvalue weighted by Crippen LogP contribution is -2.51. The molecule has 0 unspecified atom stereocenters. The first-order chi connectivity index (χ1) is 12.8. The monoisotopic (exact) mass is 360 g/mol. The molecular formula is C21H32N2O3. The summed E-state index contributed by atoms with van der Waals surface area (Å²) in [6.45, 7) is 2.18. The second-order valence-electron chi connectivity index (χ2n) is 7.49. The van der Waals surface area contributed by atoms with Gasteiger partial charge in [0.05, 0.1) is 7.11 Å². The van der Waals surface area contributed by atoms with E-state index in [9.17, 15) is 4.79 Å². The molecule has 1 heterocycles. The number of hydrogen-bond donors (Lipinski definition) is 1. The predicted molar refractivity (Wildman–Crippen MR) is 103 cm³/mol. The molecule has 144 valence electrons. The Kier molecular flexibility index (Phi) is 7.18. The van der Waals surface area contributed by atoms with Crippen LogP contribution in [0.4, 0.5) is 0 Å². The van der Waals surface area contributed by atoms with Gasteiger partial charge in [-0.15, -0.1) is 0 Å². The second-order valence-corrected chi connectivity index (χ2v) is 7.49. The van der Waals surface area contributed by atoms with E-state index < -0.39 is 0 Å². The molecule has 0 bridgehead atoms. The molecule has 1 aromatic rings. The highest BCUT2D eigenvalue weighted by molar-refractivity contribution is 5.78. The first kappa shape index (κ1) is 19.0. The van der Waals surface area contributed by atoms with Crippen molar-refractivity contribution in [2.75, 3.05) is 26.8 Å². The first-order valence-electron chi connectivity index (χ1n) is 10.1. The molecule has 0 aromatic heterocycles. The zero-order chi connectivity index (χ0) is 18.2. The van der Waals surface area contributed by atoms with Gasteiger partial charge in [-0.05, 0) is 44.4 Å². The predicted octanol–water partition coefficient (Wildman–Crippen LogP) is 3.38. The Balaban J connectivity index is 1.46. The number of benzene rings is 1. The number of methoxy groups -OCH3 is 1. The minimum Gasteiger partial charge on any atom is -0.493 e. The second kappa shape index (κ2) is 9.81. The molecule has 1 saturated carbocycles. The number of nitrogens with one attached hydrogen (secondary N) is 1. The van der Waals surface area contributed by atoms with Crippen LogP contribution in [0, 0.1) is 0 Å². The van der Waals surface area contributed by atoms with Gasteiger partial charge < -0.3 is 14.8 Å². The van der Waals surface area contributed by atoms with E-state index in [1.54, 1.807) is 7.11 Å². The number of rotatable bonds is 6. The molecule has 1 saturated heterocycles. The lowest BCUT2D eigenvalue weighted by Gasteiger charge is -2.38. The molecule has 5 heteroatoms. The smallest absolute Gasteiger partial charge is 0.258 e. The molecule has 1 amide bonds. The topological polar surface area (TPSA) is 50.8 Å². The van der Waals surface area contributed by atoms with Gasteiger partial charge in [-0.1, -0.05) is 37.8 Å². The molecule has 1 atom stereocenters. The SMILES string of the molecule is COc1ccccc1OCC(=O)N[C@@H]1CCCN(C2CCCCCC2)C1. The maximum atomic E-state index is 12.3. The average Bonchev–Trinajstić information content (AvgIpc) is 2.96. The van der Waals surface area contributed by atoms with Crippen LogP contribution in [-0.2, 0) is 4.79 Å². The Hall–Kier alpha value is -1.75. The molecule has 2 aliphatic rings. The van der Waals surface area contributed by atoms with Crippen molar-refractivity contribution in [1.29, 1.82) is 0 Å². The molecule has 1 aliphatic carbocycles. The van der Waals surface area contributed by atoms with Crippen LogP contribution in [0.5, 0.6) is 11.5 Å². The van der Waals surface area contributed by atoms with Crippen LogP contribution in [0.1, 0.15) is 51.4 Å². The van der Waals surface area contributed by atoms with Gasteiger partial charge in [0.15, 0.2) is 18.1 Å². The number of piperidine rings is 1. The third-order valence-electron chi connectivity index (χ3n) is 5.59. The summed E-state index contributed by atoms with van der Waals surface area (Å²) >= 11 is 0. The van der Waals surface area contributed by atoms with Crippen LogP contribution in [0.2, 0.25) is 0 Å². The van der Waals surface area contributed by atoms with Crippen molar-refractivity contribution in [1.82, 2.24) is 10.2 Å². The van der Waals surface area contributed by atoms with Crippen molar-refractivity contribution < 1.29 is 14.3 Å².